The molecule has 0 aliphatic carbocycles. The predicted octanol–water partition coefficient (Wildman–Crippen LogP) is 1.67. The number of imidazole rings is 1. The van der Waals surface area contributed by atoms with Crippen LogP contribution in [0.2, 0.25) is 0 Å². The molecular weight excluding hydrogens is 318 g/mol. The summed E-state index contributed by atoms with van der Waals surface area (Å²) in [7, 11) is 0. The van der Waals surface area contributed by atoms with Crippen LogP contribution in [-0.4, -0.2) is 45.2 Å². The number of fused-ring (bicyclic) bond motifs is 1. The van der Waals surface area contributed by atoms with Gasteiger partial charge in [0, 0.05) is 5.92 Å². The molecule has 9 heteroatoms. The monoisotopic (exact) mass is 340 g/mol. The number of hydrogen-bond donors (Lipinski definition) is 2. The van der Waals surface area contributed by atoms with Crippen molar-refractivity contribution in [3.05, 3.63) is 11.9 Å². The Morgan fingerprint density at radius 2 is 2.33 bits per heavy atom. The number of nitrogen functional groups attached to an aromatic ring is 1. The smallest absolute Gasteiger partial charge is 0.336 e. The van der Waals surface area contributed by atoms with E-state index in [0.29, 0.717) is 30.9 Å². The molecule has 3 heterocycles. The fourth-order valence-electron chi connectivity index (χ4n) is 2.83. The second-order valence-corrected chi connectivity index (χ2v) is 6.09. The van der Waals surface area contributed by atoms with E-state index in [9.17, 15) is 8.78 Å². The van der Waals surface area contributed by atoms with Crippen molar-refractivity contribution in [2.45, 2.75) is 38.5 Å². The number of alkyl halides is 2. The number of aromatic nitrogens is 4. The molecule has 132 valence electrons. The molecule has 1 fully saturated rings. The Bertz CT molecular complexity index is 705. The van der Waals surface area contributed by atoms with E-state index in [0.717, 1.165) is 12.8 Å². The zero-order valence-corrected chi connectivity index (χ0v) is 13.6. The molecule has 0 bridgehead atoms. The van der Waals surface area contributed by atoms with Crippen LogP contribution in [0, 0.1) is 5.92 Å². The van der Waals surface area contributed by atoms with Gasteiger partial charge in [0.25, 0.3) is 5.92 Å². The molecule has 0 spiro atoms. The Morgan fingerprint density at radius 1 is 1.50 bits per heavy atom. The second-order valence-electron chi connectivity index (χ2n) is 6.09. The summed E-state index contributed by atoms with van der Waals surface area (Å²) < 4.78 is 35.1. The lowest BCUT2D eigenvalue weighted by Gasteiger charge is -2.31. The van der Waals surface area contributed by atoms with Crippen LogP contribution in [0.5, 0.6) is 6.01 Å². The number of piperidine rings is 1. The largest absolute Gasteiger partial charge is 0.462 e. The third-order valence-corrected chi connectivity index (χ3v) is 4.25. The molecule has 1 unspecified atom stereocenters. The van der Waals surface area contributed by atoms with E-state index in [-0.39, 0.29) is 24.8 Å². The van der Waals surface area contributed by atoms with Crippen LogP contribution in [-0.2, 0) is 6.42 Å². The first-order valence-corrected chi connectivity index (χ1v) is 8.22. The van der Waals surface area contributed by atoms with Gasteiger partial charge in [-0.15, -0.1) is 5.10 Å². The molecule has 1 atom stereocenters. The van der Waals surface area contributed by atoms with Crippen molar-refractivity contribution >= 4 is 11.5 Å². The molecule has 1 saturated heterocycles. The maximum Gasteiger partial charge on any atom is 0.336 e. The summed E-state index contributed by atoms with van der Waals surface area (Å²) in [4.78, 5) is 8.23. The van der Waals surface area contributed by atoms with Crippen molar-refractivity contribution < 1.29 is 13.5 Å². The zero-order valence-electron chi connectivity index (χ0n) is 13.6. The van der Waals surface area contributed by atoms with Crippen molar-refractivity contribution in [2.75, 3.05) is 25.4 Å². The highest BCUT2D eigenvalue weighted by molar-refractivity contribution is 5.59. The van der Waals surface area contributed by atoms with E-state index in [2.05, 4.69) is 27.3 Å². The lowest BCUT2D eigenvalue weighted by atomic mass is 9.90. The van der Waals surface area contributed by atoms with Crippen molar-refractivity contribution in [2.24, 2.45) is 5.92 Å². The highest BCUT2D eigenvalue weighted by Gasteiger charge is 2.41. The fourth-order valence-corrected chi connectivity index (χ4v) is 2.83. The van der Waals surface area contributed by atoms with Crippen LogP contribution < -0.4 is 15.8 Å². The molecule has 2 aromatic rings. The van der Waals surface area contributed by atoms with Crippen molar-refractivity contribution in [3.8, 4) is 6.01 Å². The first-order valence-electron chi connectivity index (χ1n) is 8.22. The summed E-state index contributed by atoms with van der Waals surface area (Å²) in [6.45, 7) is 2.82. The highest BCUT2D eigenvalue weighted by Crippen LogP contribution is 2.32. The first-order chi connectivity index (χ1) is 11.5. The first kappa shape index (κ1) is 16.8. The Labute approximate surface area is 138 Å². The molecule has 0 radical (unpaired) electrons. The van der Waals surface area contributed by atoms with Crippen LogP contribution in [0.1, 0.15) is 31.9 Å². The minimum absolute atomic E-state index is 0.143. The molecule has 0 aromatic carbocycles. The Balaban J connectivity index is 1.85. The minimum atomic E-state index is -2.75. The van der Waals surface area contributed by atoms with Crippen LogP contribution in [0.25, 0.3) is 5.65 Å². The number of ether oxygens (including phenoxy) is 1. The van der Waals surface area contributed by atoms with Gasteiger partial charge in [-0.2, -0.15) is 4.98 Å². The van der Waals surface area contributed by atoms with E-state index in [1.165, 1.54) is 10.7 Å². The lowest BCUT2D eigenvalue weighted by molar-refractivity contribution is -0.0731. The number of nitrogens with two attached hydrogens (primary N) is 1. The summed E-state index contributed by atoms with van der Waals surface area (Å²) in [6, 6.07) is 0.143. The maximum absolute atomic E-state index is 14.1. The number of nitrogens with zero attached hydrogens (tertiary/aromatic N) is 4. The van der Waals surface area contributed by atoms with E-state index in [1.807, 2.05) is 0 Å². The fraction of sp³-hybridized carbons (Fsp3) is 0.667. The van der Waals surface area contributed by atoms with E-state index in [4.69, 9.17) is 10.5 Å². The van der Waals surface area contributed by atoms with Crippen LogP contribution in [0.3, 0.4) is 0 Å². The standard InChI is InChI=1S/C15H22F2N6O/c1-2-3-6-24-14-21-12(18)13-20-8-11(23(13)22-14)7-10-4-5-19-9-15(10,16)17/h8,10,19H,2-7,9H2,1H3,(H2,18,21,22). The van der Waals surface area contributed by atoms with Gasteiger partial charge in [0.2, 0.25) is 0 Å². The van der Waals surface area contributed by atoms with Gasteiger partial charge in [0.15, 0.2) is 11.5 Å². The topological polar surface area (TPSA) is 90.4 Å². The highest BCUT2D eigenvalue weighted by atomic mass is 19.3. The molecule has 0 amide bonds. The minimum Gasteiger partial charge on any atom is -0.462 e. The summed E-state index contributed by atoms with van der Waals surface area (Å²) in [5, 5.41) is 6.99. The number of halogens is 2. The number of anilines is 1. The predicted molar refractivity (Wildman–Crippen MR) is 85.2 cm³/mol. The molecule has 3 N–H and O–H groups in total. The number of rotatable bonds is 6. The zero-order chi connectivity index (χ0) is 17.2. The van der Waals surface area contributed by atoms with Gasteiger partial charge in [-0.3, -0.25) is 0 Å². The Hall–Kier alpha value is -2.03. The normalized spacial score (nSPS) is 20.4. The number of unbranched alkanes of at least 4 members (excludes halogenated alkanes) is 1. The van der Waals surface area contributed by atoms with Gasteiger partial charge >= 0.3 is 6.01 Å². The molecule has 3 rings (SSSR count). The van der Waals surface area contributed by atoms with Crippen molar-refractivity contribution in [1.82, 2.24) is 24.9 Å². The van der Waals surface area contributed by atoms with Gasteiger partial charge in [-0.25, -0.2) is 18.3 Å². The van der Waals surface area contributed by atoms with E-state index >= 15 is 0 Å². The van der Waals surface area contributed by atoms with Gasteiger partial charge in [-0.1, -0.05) is 13.3 Å². The maximum atomic E-state index is 14.1. The summed E-state index contributed by atoms with van der Waals surface area (Å²) in [6.07, 6.45) is 3.98. The Kier molecular flexibility index (Phi) is 4.79. The van der Waals surface area contributed by atoms with Crippen molar-refractivity contribution in [3.63, 3.8) is 0 Å². The summed E-state index contributed by atoms with van der Waals surface area (Å²) >= 11 is 0. The quantitative estimate of drug-likeness (QED) is 0.778. The lowest BCUT2D eigenvalue weighted by Crippen LogP contribution is -2.46. The molecule has 7 nitrogen and oxygen atoms in total. The molecule has 1 aliphatic rings. The second kappa shape index (κ2) is 6.84. The van der Waals surface area contributed by atoms with Crippen LogP contribution in [0.15, 0.2) is 6.20 Å². The summed E-state index contributed by atoms with van der Waals surface area (Å²) in [5.74, 6) is -3.32. The molecule has 0 saturated carbocycles. The van der Waals surface area contributed by atoms with Gasteiger partial charge in [0.1, 0.15) is 0 Å². The van der Waals surface area contributed by atoms with Gasteiger partial charge < -0.3 is 15.8 Å². The third-order valence-electron chi connectivity index (χ3n) is 4.25. The van der Waals surface area contributed by atoms with Crippen LogP contribution >= 0.6 is 0 Å². The van der Waals surface area contributed by atoms with E-state index < -0.39 is 11.8 Å². The van der Waals surface area contributed by atoms with Gasteiger partial charge in [0.05, 0.1) is 25.0 Å². The average Bonchev–Trinajstić information content (AvgIpc) is 2.93. The SMILES string of the molecule is CCCCOc1nc(N)c2ncc(CC3CCNCC3(F)F)n2n1. The van der Waals surface area contributed by atoms with Crippen molar-refractivity contribution in [1.29, 1.82) is 0 Å². The van der Waals surface area contributed by atoms with Gasteiger partial charge in [-0.05, 0) is 25.8 Å². The Morgan fingerprint density at radius 3 is 3.08 bits per heavy atom. The number of nitrogens with one attached hydrogen (secondary N) is 1. The third kappa shape index (κ3) is 3.40. The molecule has 24 heavy (non-hydrogen) atoms. The molecule has 1 aliphatic heterocycles. The van der Waals surface area contributed by atoms with E-state index in [1.54, 1.807) is 0 Å². The molecular formula is C15H22F2N6O. The van der Waals surface area contributed by atoms with Crippen LogP contribution in [0.4, 0.5) is 14.6 Å². The number of hydrogen-bond acceptors (Lipinski definition) is 6. The average molecular weight is 340 g/mol. The molecule has 2 aromatic heterocycles. The summed E-state index contributed by atoms with van der Waals surface area (Å²) in [5.41, 5.74) is 6.84.